The predicted octanol–water partition coefficient (Wildman–Crippen LogP) is 3.65. The van der Waals surface area contributed by atoms with Gasteiger partial charge in [0.25, 0.3) is 11.8 Å². The summed E-state index contributed by atoms with van der Waals surface area (Å²) in [5.74, 6) is -0.561. The maximum absolute atomic E-state index is 12.9. The van der Waals surface area contributed by atoms with Crippen molar-refractivity contribution in [1.29, 1.82) is 0 Å². The summed E-state index contributed by atoms with van der Waals surface area (Å²) in [6.45, 7) is 3.97. The average molecular weight is 465 g/mol. The lowest BCUT2D eigenvalue weighted by Crippen LogP contribution is -2.66. The number of allylic oxidation sites excluding steroid dienone is 1. The summed E-state index contributed by atoms with van der Waals surface area (Å²) in [7, 11) is 1.87. The Morgan fingerprint density at radius 1 is 0.829 bits per heavy atom. The molecule has 0 unspecified atom stereocenters. The average Bonchev–Trinajstić information content (AvgIpc) is 2.87. The van der Waals surface area contributed by atoms with Crippen LogP contribution in [-0.4, -0.2) is 24.6 Å². The molecule has 0 aliphatic heterocycles. The van der Waals surface area contributed by atoms with Crippen LogP contribution in [0.25, 0.3) is 17.0 Å². The third-order valence-corrected chi connectivity index (χ3v) is 5.61. The first-order valence-electron chi connectivity index (χ1n) is 11.4. The Labute approximate surface area is 204 Å². The van der Waals surface area contributed by atoms with E-state index in [4.69, 9.17) is 0 Å². The summed E-state index contributed by atoms with van der Waals surface area (Å²) in [6.07, 6.45) is 3.94. The van der Waals surface area contributed by atoms with Crippen LogP contribution in [0.15, 0.2) is 84.9 Å². The molecule has 35 heavy (non-hydrogen) atoms. The number of hydrogen-bond donors (Lipinski definition) is 3. The van der Waals surface area contributed by atoms with Gasteiger partial charge in [-0.25, -0.2) is 9.98 Å². The Kier molecular flexibility index (Phi) is 7.12. The largest absolute Gasteiger partial charge is 0.322 e. The first kappa shape index (κ1) is 23.6. The first-order valence-corrected chi connectivity index (χ1v) is 11.4. The van der Waals surface area contributed by atoms with Gasteiger partial charge in [0, 0.05) is 59.9 Å². The molecule has 4 aromatic rings. The van der Waals surface area contributed by atoms with Crippen molar-refractivity contribution in [2.24, 2.45) is 0 Å². The van der Waals surface area contributed by atoms with Crippen molar-refractivity contribution in [3.05, 3.63) is 107 Å². The van der Waals surface area contributed by atoms with E-state index >= 15 is 0 Å². The number of carbonyl (C=O) groups is 2. The Balaban J connectivity index is 1.46. The molecule has 6 heteroatoms. The van der Waals surface area contributed by atoms with Crippen LogP contribution in [0.3, 0.4) is 0 Å². The monoisotopic (exact) mass is 464 g/mol. The lowest BCUT2D eigenvalue weighted by molar-refractivity contribution is -0.419. The number of H-pyrrole nitrogens is 1. The maximum Gasteiger partial charge on any atom is 0.255 e. The van der Waals surface area contributed by atoms with E-state index in [-0.39, 0.29) is 11.8 Å². The number of rotatable bonds is 6. The van der Waals surface area contributed by atoms with Crippen LogP contribution >= 0.6 is 0 Å². The Morgan fingerprint density at radius 2 is 1.51 bits per heavy atom. The second kappa shape index (κ2) is 10.6. The highest BCUT2D eigenvalue weighted by molar-refractivity contribution is 6.09. The van der Waals surface area contributed by atoms with Gasteiger partial charge in [0.1, 0.15) is 7.05 Å². The minimum atomic E-state index is -0.282. The minimum Gasteiger partial charge on any atom is -0.322 e. The summed E-state index contributed by atoms with van der Waals surface area (Å²) >= 11 is 0. The van der Waals surface area contributed by atoms with Gasteiger partial charge in [-0.1, -0.05) is 18.2 Å². The summed E-state index contributed by atoms with van der Waals surface area (Å²) in [6, 6.07) is 24.0. The third-order valence-electron chi connectivity index (χ3n) is 5.61. The van der Waals surface area contributed by atoms with E-state index in [1.165, 1.54) is 0 Å². The summed E-state index contributed by atoms with van der Waals surface area (Å²) in [4.78, 5) is 32.1. The van der Waals surface area contributed by atoms with Crippen molar-refractivity contribution in [2.75, 3.05) is 17.7 Å². The second-order valence-corrected chi connectivity index (χ2v) is 8.32. The molecule has 0 saturated carbocycles. The predicted molar refractivity (Wildman–Crippen MR) is 141 cm³/mol. The van der Waals surface area contributed by atoms with E-state index < -0.39 is 0 Å². The molecule has 0 saturated heterocycles. The standard InChI is InChI=1S/C29H26N4O2/c1-19(30-3)10-12-21-6-4-9-25(16-21)32-28(34)23-7-5-8-24(17-23)29(35)33-26-14-15-27-22(18-26)13-11-20(2)31-27/h4-18H,1-3H3,(H,32,34)(H,33,35)/p+2/b12-10-,30-19?. The molecule has 0 bridgehead atoms. The fourth-order valence-corrected chi connectivity index (χ4v) is 3.59. The molecule has 4 rings (SSSR count). The van der Waals surface area contributed by atoms with E-state index in [0.29, 0.717) is 22.5 Å². The highest BCUT2D eigenvalue weighted by Gasteiger charge is 2.12. The van der Waals surface area contributed by atoms with E-state index in [2.05, 4.69) is 20.6 Å². The van der Waals surface area contributed by atoms with Gasteiger partial charge in [0.15, 0.2) is 11.4 Å². The normalized spacial score (nSPS) is 11.6. The lowest BCUT2D eigenvalue weighted by atomic mass is 10.1. The van der Waals surface area contributed by atoms with Crippen molar-refractivity contribution < 1.29 is 19.6 Å². The molecule has 174 valence electrons. The molecule has 0 radical (unpaired) electrons. The molecule has 0 fully saturated rings. The highest BCUT2D eigenvalue weighted by Crippen LogP contribution is 2.18. The van der Waals surface area contributed by atoms with Crippen LogP contribution in [0.4, 0.5) is 11.4 Å². The van der Waals surface area contributed by atoms with Crippen LogP contribution < -0.4 is 20.6 Å². The van der Waals surface area contributed by atoms with Gasteiger partial charge < -0.3 is 10.6 Å². The number of aromatic nitrogens is 1. The number of amides is 2. The van der Waals surface area contributed by atoms with E-state index in [1.54, 1.807) is 24.3 Å². The number of hydrogen-bond acceptors (Lipinski definition) is 2. The maximum atomic E-state index is 12.9. The topological polar surface area (TPSA) is 86.3 Å². The first-order chi connectivity index (χ1) is 16.9. The van der Waals surface area contributed by atoms with Gasteiger partial charge in [0.05, 0.1) is 0 Å². The van der Waals surface area contributed by atoms with Gasteiger partial charge in [-0.2, -0.15) is 0 Å². The lowest BCUT2D eigenvalue weighted by Gasteiger charge is -2.09. The number of carbonyl (C=O) groups excluding carboxylic acids is 2. The molecule has 3 aromatic carbocycles. The Morgan fingerprint density at radius 3 is 2.23 bits per heavy atom. The second-order valence-electron chi connectivity index (χ2n) is 8.32. The molecule has 0 aliphatic carbocycles. The number of fused-ring (bicyclic) bond motifs is 1. The zero-order valence-electron chi connectivity index (χ0n) is 20.0. The van der Waals surface area contributed by atoms with Crippen LogP contribution in [0, 0.1) is 6.92 Å². The molecule has 0 spiro atoms. The van der Waals surface area contributed by atoms with E-state index in [1.807, 2.05) is 87.6 Å². The van der Waals surface area contributed by atoms with Crippen molar-refractivity contribution >= 4 is 45.9 Å². The molecular weight excluding hydrogens is 436 g/mol. The van der Waals surface area contributed by atoms with Crippen LogP contribution in [0.1, 0.15) is 38.9 Å². The van der Waals surface area contributed by atoms with Crippen molar-refractivity contribution in [2.45, 2.75) is 13.8 Å². The number of aromatic amines is 1. The van der Waals surface area contributed by atoms with Crippen LogP contribution in [-0.2, 0) is 0 Å². The fourth-order valence-electron chi connectivity index (χ4n) is 3.59. The Bertz CT molecular complexity index is 1470. The number of aryl methyl sites for hydroxylation is 1. The summed E-state index contributed by atoms with van der Waals surface area (Å²) in [5, 5.41) is 6.83. The van der Waals surface area contributed by atoms with Gasteiger partial charge >= 0.3 is 0 Å². The zero-order valence-corrected chi connectivity index (χ0v) is 20.0. The molecule has 6 nitrogen and oxygen atoms in total. The highest BCUT2D eigenvalue weighted by atomic mass is 16.2. The van der Waals surface area contributed by atoms with Crippen molar-refractivity contribution in [1.82, 2.24) is 0 Å². The molecule has 2 amide bonds. The Hall–Kier alpha value is -4.58. The van der Waals surface area contributed by atoms with Gasteiger partial charge in [-0.3, -0.25) is 9.59 Å². The number of nitrogens with one attached hydrogen (secondary N) is 4. The molecule has 1 aromatic heterocycles. The van der Waals surface area contributed by atoms with Crippen molar-refractivity contribution in [3.8, 4) is 0 Å². The number of benzene rings is 3. The zero-order chi connectivity index (χ0) is 24.8. The smallest absolute Gasteiger partial charge is 0.255 e. The van der Waals surface area contributed by atoms with Crippen LogP contribution in [0.2, 0.25) is 0 Å². The number of anilines is 2. The number of pyridine rings is 1. The van der Waals surface area contributed by atoms with Gasteiger partial charge in [0.2, 0.25) is 5.52 Å². The summed E-state index contributed by atoms with van der Waals surface area (Å²) < 4.78 is 0. The van der Waals surface area contributed by atoms with Crippen molar-refractivity contribution in [3.63, 3.8) is 0 Å². The molecule has 0 aliphatic rings. The molecule has 0 atom stereocenters. The SMILES string of the molecule is C[NH+]=C(C)/C=C\c1cccc(NC(=O)c2cccc(C(=O)Nc3ccc4[nH+]c(C)ccc4c3)c2)c1. The van der Waals surface area contributed by atoms with Gasteiger partial charge in [-0.05, 0) is 60.2 Å². The molecule has 1 heterocycles. The van der Waals surface area contributed by atoms with Gasteiger partial charge in [-0.15, -0.1) is 0 Å². The van der Waals surface area contributed by atoms with E-state index in [0.717, 1.165) is 27.9 Å². The molecular formula is C29H28N4O2+2. The quantitative estimate of drug-likeness (QED) is 0.381. The fraction of sp³-hybridized carbons (Fsp3) is 0.103. The minimum absolute atomic E-state index is 0.279. The molecule has 4 N–H and O–H groups in total. The third kappa shape index (κ3) is 6.06. The van der Waals surface area contributed by atoms with Crippen LogP contribution in [0.5, 0.6) is 0 Å². The van der Waals surface area contributed by atoms with E-state index in [9.17, 15) is 9.59 Å². The summed E-state index contributed by atoms with van der Waals surface area (Å²) in [5.41, 5.74) is 6.24.